The van der Waals surface area contributed by atoms with Crippen LogP contribution in [0.3, 0.4) is 0 Å². The third-order valence-electron chi connectivity index (χ3n) is 6.10. The van der Waals surface area contributed by atoms with Gasteiger partial charge in [0.05, 0.1) is 6.61 Å². The number of rotatable bonds is 6. The first-order valence-corrected chi connectivity index (χ1v) is 11.3. The van der Waals surface area contributed by atoms with Crippen LogP contribution in [0.5, 0.6) is 5.75 Å². The van der Waals surface area contributed by atoms with Gasteiger partial charge in [-0.1, -0.05) is 18.5 Å². The van der Waals surface area contributed by atoms with Crippen LogP contribution >= 0.6 is 11.6 Å². The van der Waals surface area contributed by atoms with Crippen molar-refractivity contribution in [2.45, 2.75) is 52.4 Å². The molecule has 2 aliphatic rings. The van der Waals surface area contributed by atoms with Crippen LogP contribution in [0.15, 0.2) is 18.2 Å². The van der Waals surface area contributed by atoms with E-state index in [0.29, 0.717) is 44.4 Å². The Hall–Kier alpha value is -1.75. The summed E-state index contributed by atoms with van der Waals surface area (Å²) in [5.41, 5.74) is 0.983. The monoisotopic (exact) mass is 420 g/mol. The van der Waals surface area contributed by atoms with Crippen LogP contribution in [-0.2, 0) is 9.59 Å². The van der Waals surface area contributed by atoms with E-state index < -0.39 is 0 Å². The maximum absolute atomic E-state index is 12.8. The molecule has 0 radical (unpaired) electrons. The van der Waals surface area contributed by atoms with Gasteiger partial charge in [0.2, 0.25) is 11.8 Å². The second kappa shape index (κ2) is 10.3. The highest BCUT2D eigenvalue weighted by Crippen LogP contribution is 2.24. The third kappa shape index (κ3) is 6.11. The van der Waals surface area contributed by atoms with Crippen molar-refractivity contribution in [2.24, 2.45) is 11.8 Å². The van der Waals surface area contributed by atoms with E-state index in [2.05, 4.69) is 6.92 Å². The molecule has 3 rings (SSSR count). The fourth-order valence-corrected chi connectivity index (χ4v) is 4.42. The average Bonchev–Trinajstić information content (AvgIpc) is 2.73. The number of ether oxygens (including phenoxy) is 1. The maximum atomic E-state index is 12.8. The molecule has 2 saturated heterocycles. The van der Waals surface area contributed by atoms with Gasteiger partial charge in [0.15, 0.2) is 0 Å². The predicted molar refractivity (Wildman–Crippen MR) is 115 cm³/mol. The SMILES string of the molecule is Cc1cc(OCCCC(=O)N2CCC(C(=O)N3CCCC(C)C3)CC2)ccc1Cl. The summed E-state index contributed by atoms with van der Waals surface area (Å²) >= 11 is 6.02. The molecular formula is C23H33ClN2O3. The molecule has 0 aromatic heterocycles. The first-order valence-electron chi connectivity index (χ1n) is 10.9. The molecule has 0 N–H and O–H groups in total. The first-order chi connectivity index (χ1) is 13.9. The van der Waals surface area contributed by atoms with Crippen molar-refractivity contribution in [2.75, 3.05) is 32.8 Å². The van der Waals surface area contributed by atoms with Crippen molar-refractivity contribution >= 4 is 23.4 Å². The number of aryl methyl sites for hydroxylation is 1. The quantitative estimate of drug-likeness (QED) is 0.644. The van der Waals surface area contributed by atoms with Crippen molar-refractivity contribution in [3.8, 4) is 5.75 Å². The van der Waals surface area contributed by atoms with Gasteiger partial charge in [-0.25, -0.2) is 0 Å². The summed E-state index contributed by atoms with van der Waals surface area (Å²) in [6.07, 6.45) is 5.08. The smallest absolute Gasteiger partial charge is 0.225 e. The van der Waals surface area contributed by atoms with Gasteiger partial charge in [-0.3, -0.25) is 9.59 Å². The van der Waals surface area contributed by atoms with E-state index in [0.717, 1.165) is 48.7 Å². The van der Waals surface area contributed by atoms with E-state index in [1.165, 1.54) is 6.42 Å². The summed E-state index contributed by atoms with van der Waals surface area (Å²) in [5.74, 6) is 1.94. The van der Waals surface area contributed by atoms with Crippen molar-refractivity contribution in [3.63, 3.8) is 0 Å². The average molecular weight is 421 g/mol. The number of hydrogen-bond donors (Lipinski definition) is 0. The zero-order valence-electron chi connectivity index (χ0n) is 17.7. The van der Waals surface area contributed by atoms with Gasteiger partial charge in [0, 0.05) is 43.5 Å². The largest absolute Gasteiger partial charge is 0.494 e. The summed E-state index contributed by atoms with van der Waals surface area (Å²) in [7, 11) is 0. The molecule has 0 spiro atoms. The Kier molecular flexibility index (Phi) is 7.82. The Morgan fingerprint density at radius 2 is 1.90 bits per heavy atom. The number of halogens is 1. The molecule has 29 heavy (non-hydrogen) atoms. The van der Waals surface area contributed by atoms with Crippen LogP contribution in [0.1, 0.15) is 51.0 Å². The fourth-order valence-electron chi connectivity index (χ4n) is 4.30. The topological polar surface area (TPSA) is 49.9 Å². The standard InChI is InChI=1S/C23H33ClN2O3/c1-17-5-3-11-26(16-17)23(28)19-9-12-25(13-10-19)22(27)6-4-14-29-20-7-8-21(24)18(2)15-20/h7-8,15,17,19H,3-6,9-14,16H2,1-2H3. The third-order valence-corrected chi connectivity index (χ3v) is 6.52. The van der Waals surface area contributed by atoms with E-state index in [1.54, 1.807) is 0 Å². The first kappa shape index (κ1) is 21.9. The van der Waals surface area contributed by atoms with Crippen molar-refractivity contribution in [1.82, 2.24) is 9.80 Å². The van der Waals surface area contributed by atoms with Crippen LogP contribution < -0.4 is 4.74 Å². The molecule has 1 unspecified atom stereocenters. The number of likely N-dealkylation sites (tertiary alicyclic amines) is 2. The zero-order chi connectivity index (χ0) is 20.8. The predicted octanol–water partition coefficient (Wildman–Crippen LogP) is 4.30. The number of carbonyl (C=O) groups excluding carboxylic acids is 2. The van der Waals surface area contributed by atoms with E-state index in [1.807, 2.05) is 34.9 Å². The zero-order valence-corrected chi connectivity index (χ0v) is 18.4. The van der Waals surface area contributed by atoms with Gasteiger partial charge >= 0.3 is 0 Å². The van der Waals surface area contributed by atoms with E-state index in [9.17, 15) is 9.59 Å². The molecule has 2 amide bonds. The highest BCUT2D eigenvalue weighted by molar-refractivity contribution is 6.31. The number of piperidine rings is 2. The number of amides is 2. The molecule has 160 valence electrons. The van der Waals surface area contributed by atoms with E-state index >= 15 is 0 Å². The molecule has 2 heterocycles. The summed E-state index contributed by atoms with van der Waals surface area (Å²) < 4.78 is 5.72. The summed E-state index contributed by atoms with van der Waals surface area (Å²) in [6.45, 7) is 7.85. The lowest BCUT2D eigenvalue weighted by Crippen LogP contribution is -2.47. The fraction of sp³-hybridized carbons (Fsp3) is 0.652. The maximum Gasteiger partial charge on any atom is 0.225 e. The van der Waals surface area contributed by atoms with Gasteiger partial charge in [-0.15, -0.1) is 0 Å². The van der Waals surface area contributed by atoms with Crippen LogP contribution in [0.4, 0.5) is 0 Å². The molecule has 0 saturated carbocycles. The van der Waals surface area contributed by atoms with Gasteiger partial charge in [0.25, 0.3) is 0 Å². The molecule has 5 nitrogen and oxygen atoms in total. The molecule has 0 bridgehead atoms. The van der Waals surface area contributed by atoms with Crippen LogP contribution in [0, 0.1) is 18.8 Å². The normalized spacial score (nSPS) is 20.6. The van der Waals surface area contributed by atoms with Crippen molar-refractivity contribution < 1.29 is 14.3 Å². The minimum Gasteiger partial charge on any atom is -0.494 e. The van der Waals surface area contributed by atoms with Crippen molar-refractivity contribution in [3.05, 3.63) is 28.8 Å². The van der Waals surface area contributed by atoms with Crippen LogP contribution in [0.25, 0.3) is 0 Å². The Morgan fingerprint density at radius 3 is 2.59 bits per heavy atom. The Labute approximate surface area is 179 Å². The van der Waals surface area contributed by atoms with E-state index in [-0.39, 0.29) is 11.8 Å². The summed E-state index contributed by atoms with van der Waals surface area (Å²) in [5, 5.41) is 0.726. The Balaban J connectivity index is 1.35. The number of hydrogen-bond acceptors (Lipinski definition) is 3. The van der Waals surface area contributed by atoms with Crippen molar-refractivity contribution in [1.29, 1.82) is 0 Å². The number of carbonyl (C=O) groups is 2. The minimum atomic E-state index is 0.0841. The molecule has 0 aliphatic carbocycles. The van der Waals surface area contributed by atoms with E-state index in [4.69, 9.17) is 16.3 Å². The van der Waals surface area contributed by atoms with Crippen LogP contribution in [-0.4, -0.2) is 54.4 Å². The van der Waals surface area contributed by atoms with Gasteiger partial charge in [0.1, 0.15) is 5.75 Å². The Bertz CT molecular complexity index is 716. The molecular weight excluding hydrogens is 388 g/mol. The molecule has 1 aromatic rings. The lowest BCUT2D eigenvalue weighted by Gasteiger charge is -2.37. The lowest BCUT2D eigenvalue weighted by atomic mass is 9.92. The Morgan fingerprint density at radius 1 is 1.14 bits per heavy atom. The second-order valence-electron chi connectivity index (χ2n) is 8.55. The number of nitrogens with zero attached hydrogens (tertiary/aromatic N) is 2. The van der Waals surface area contributed by atoms with Gasteiger partial charge in [-0.05, 0) is 68.7 Å². The highest BCUT2D eigenvalue weighted by Gasteiger charge is 2.31. The minimum absolute atomic E-state index is 0.0841. The lowest BCUT2D eigenvalue weighted by molar-refractivity contribution is -0.142. The second-order valence-corrected chi connectivity index (χ2v) is 8.96. The molecule has 1 aromatic carbocycles. The van der Waals surface area contributed by atoms with Gasteiger partial charge < -0.3 is 14.5 Å². The molecule has 2 fully saturated rings. The molecule has 1 atom stereocenters. The molecule has 6 heteroatoms. The summed E-state index contributed by atoms with van der Waals surface area (Å²) in [6, 6.07) is 5.59. The van der Waals surface area contributed by atoms with Gasteiger partial charge in [-0.2, -0.15) is 0 Å². The summed E-state index contributed by atoms with van der Waals surface area (Å²) in [4.78, 5) is 29.2. The number of benzene rings is 1. The van der Waals surface area contributed by atoms with Crippen LogP contribution in [0.2, 0.25) is 5.02 Å². The highest BCUT2D eigenvalue weighted by atomic mass is 35.5. The molecule has 2 aliphatic heterocycles.